The first-order valence-electron chi connectivity index (χ1n) is 15.1. The standard InChI is InChI=1S/C41H32F3N/c1-25-17-26(2)20-32(19-25)30-11-15-39-36(23-30)37-24-31(33-21-27(3)18-28(4)22-33)12-16-40(37)45(39)38-8-6-5-7-35(38)29-9-13-34(14-10-29)41(42,43)44/h5-24H,1-4H3. The van der Waals surface area contributed by atoms with Gasteiger partial charge in [-0.05, 0) is 98.0 Å². The molecule has 0 atom stereocenters. The van der Waals surface area contributed by atoms with E-state index in [-0.39, 0.29) is 0 Å². The Labute approximate surface area is 261 Å². The Morgan fingerprint density at radius 1 is 0.444 bits per heavy atom. The highest BCUT2D eigenvalue weighted by molar-refractivity contribution is 6.12. The zero-order valence-corrected chi connectivity index (χ0v) is 25.6. The second-order valence-electron chi connectivity index (χ2n) is 12.1. The minimum absolute atomic E-state index is 0.654. The van der Waals surface area contributed by atoms with E-state index < -0.39 is 11.7 Å². The summed E-state index contributed by atoms with van der Waals surface area (Å²) in [4.78, 5) is 0. The van der Waals surface area contributed by atoms with Crippen LogP contribution in [-0.2, 0) is 6.18 Å². The molecule has 0 bridgehead atoms. The second-order valence-corrected chi connectivity index (χ2v) is 12.1. The molecule has 222 valence electrons. The van der Waals surface area contributed by atoms with Gasteiger partial charge in [0.15, 0.2) is 0 Å². The molecule has 1 nitrogen and oxygen atoms in total. The number of fused-ring (bicyclic) bond motifs is 3. The molecule has 0 unspecified atom stereocenters. The van der Waals surface area contributed by atoms with E-state index in [2.05, 4.69) is 105 Å². The van der Waals surface area contributed by atoms with Crippen LogP contribution in [0.1, 0.15) is 27.8 Å². The molecule has 0 N–H and O–H groups in total. The zero-order chi connectivity index (χ0) is 31.5. The highest BCUT2D eigenvalue weighted by Gasteiger charge is 2.30. The van der Waals surface area contributed by atoms with Crippen LogP contribution >= 0.6 is 0 Å². The van der Waals surface area contributed by atoms with Crippen LogP contribution in [0.2, 0.25) is 0 Å². The topological polar surface area (TPSA) is 4.93 Å². The van der Waals surface area contributed by atoms with Crippen molar-refractivity contribution in [2.75, 3.05) is 0 Å². The van der Waals surface area contributed by atoms with Crippen LogP contribution in [0.3, 0.4) is 0 Å². The summed E-state index contributed by atoms with van der Waals surface area (Å²) in [7, 11) is 0. The van der Waals surface area contributed by atoms with Gasteiger partial charge in [0, 0.05) is 16.3 Å². The quantitative estimate of drug-likeness (QED) is 0.191. The summed E-state index contributed by atoms with van der Waals surface area (Å²) in [5.74, 6) is 0. The Bertz CT molecular complexity index is 2080. The Kier molecular flexibility index (Phi) is 6.89. The number of rotatable bonds is 4. The minimum atomic E-state index is -4.38. The van der Waals surface area contributed by atoms with E-state index in [0.717, 1.165) is 61.9 Å². The predicted octanol–water partition coefficient (Wildman–Crippen LogP) is 12.0. The van der Waals surface area contributed by atoms with E-state index in [1.807, 2.05) is 24.3 Å². The van der Waals surface area contributed by atoms with Crippen LogP contribution < -0.4 is 0 Å². The van der Waals surface area contributed by atoms with Crippen molar-refractivity contribution in [2.24, 2.45) is 0 Å². The number of para-hydroxylation sites is 1. The Morgan fingerprint density at radius 2 is 0.889 bits per heavy atom. The summed E-state index contributed by atoms with van der Waals surface area (Å²) in [6.07, 6.45) is -4.38. The largest absolute Gasteiger partial charge is 0.416 e. The molecule has 0 aliphatic carbocycles. The lowest BCUT2D eigenvalue weighted by Gasteiger charge is -2.15. The molecule has 7 rings (SSSR count). The van der Waals surface area contributed by atoms with Crippen molar-refractivity contribution >= 4 is 21.8 Å². The molecular weight excluding hydrogens is 563 g/mol. The lowest BCUT2D eigenvalue weighted by molar-refractivity contribution is -0.137. The third-order valence-corrected chi connectivity index (χ3v) is 8.54. The molecule has 0 saturated heterocycles. The molecule has 0 radical (unpaired) electrons. The summed E-state index contributed by atoms with van der Waals surface area (Å²) in [5, 5.41) is 2.24. The van der Waals surface area contributed by atoms with E-state index in [4.69, 9.17) is 0 Å². The van der Waals surface area contributed by atoms with Gasteiger partial charge in [0.1, 0.15) is 0 Å². The molecule has 4 heteroatoms. The van der Waals surface area contributed by atoms with Crippen molar-refractivity contribution < 1.29 is 13.2 Å². The predicted molar refractivity (Wildman–Crippen MR) is 181 cm³/mol. The van der Waals surface area contributed by atoms with Crippen LogP contribution in [0.15, 0.2) is 121 Å². The van der Waals surface area contributed by atoms with Crippen LogP contribution in [-0.4, -0.2) is 4.57 Å². The van der Waals surface area contributed by atoms with Gasteiger partial charge in [0.05, 0.1) is 22.3 Å². The number of nitrogens with zero attached hydrogens (tertiary/aromatic N) is 1. The highest BCUT2D eigenvalue weighted by atomic mass is 19.4. The number of hydrogen-bond acceptors (Lipinski definition) is 0. The fourth-order valence-electron chi connectivity index (χ4n) is 6.68. The Hall–Kier alpha value is -5.09. The van der Waals surface area contributed by atoms with Crippen molar-refractivity contribution in [1.29, 1.82) is 0 Å². The van der Waals surface area contributed by atoms with Crippen molar-refractivity contribution in [3.8, 4) is 39.1 Å². The van der Waals surface area contributed by atoms with Gasteiger partial charge in [-0.15, -0.1) is 0 Å². The van der Waals surface area contributed by atoms with E-state index >= 15 is 0 Å². The van der Waals surface area contributed by atoms with E-state index in [1.165, 1.54) is 33.4 Å². The summed E-state index contributed by atoms with van der Waals surface area (Å²) < 4.78 is 42.3. The maximum absolute atomic E-state index is 13.4. The number of aromatic nitrogens is 1. The smallest absolute Gasteiger partial charge is 0.309 e. The molecule has 1 aromatic heterocycles. The average Bonchev–Trinajstić information content (AvgIpc) is 3.32. The summed E-state index contributed by atoms with van der Waals surface area (Å²) in [6.45, 7) is 8.48. The Balaban J connectivity index is 1.50. The first-order chi connectivity index (χ1) is 21.5. The molecule has 45 heavy (non-hydrogen) atoms. The van der Waals surface area contributed by atoms with Gasteiger partial charge in [-0.2, -0.15) is 13.2 Å². The molecule has 0 amide bonds. The fraction of sp³-hybridized carbons (Fsp3) is 0.122. The average molecular weight is 596 g/mol. The van der Waals surface area contributed by atoms with Crippen molar-refractivity contribution in [1.82, 2.24) is 4.57 Å². The maximum Gasteiger partial charge on any atom is 0.416 e. The lowest BCUT2D eigenvalue weighted by Crippen LogP contribution is -2.04. The summed E-state index contributed by atoms with van der Waals surface area (Å²) in [5.41, 5.74) is 13.4. The SMILES string of the molecule is Cc1cc(C)cc(-c2ccc3c(c2)c2cc(-c4cc(C)cc(C)c4)ccc2n3-c2ccccc2-c2ccc(C(F)(F)F)cc2)c1. The molecule has 0 aliphatic rings. The molecule has 0 aliphatic heterocycles. The van der Waals surface area contributed by atoms with E-state index in [1.54, 1.807) is 12.1 Å². The molecule has 1 heterocycles. The number of halogens is 3. The van der Waals surface area contributed by atoms with Crippen LogP contribution in [0, 0.1) is 27.7 Å². The number of alkyl halides is 3. The van der Waals surface area contributed by atoms with Crippen LogP contribution in [0.25, 0.3) is 60.9 Å². The maximum atomic E-state index is 13.4. The zero-order valence-electron chi connectivity index (χ0n) is 25.6. The highest BCUT2D eigenvalue weighted by Crippen LogP contribution is 2.40. The van der Waals surface area contributed by atoms with Gasteiger partial charge in [0.25, 0.3) is 0 Å². The normalized spacial score (nSPS) is 11.9. The van der Waals surface area contributed by atoms with Crippen molar-refractivity contribution in [3.05, 3.63) is 149 Å². The molecule has 0 saturated carbocycles. The first-order valence-corrected chi connectivity index (χ1v) is 15.1. The molecule has 6 aromatic carbocycles. The number of hydrogen-bond donors (Lipinski definition) is 0. The van der Waals surface area contributed by atoms with E-state index in [0.29, 0.717) is 0 Å². The van der Waals surface area contributed by atoms with Gasteiger partial charge in [-0.25, -0.2) is 0 Å². The first kappa shape index (κ1) is 28.7. The molecule has 7 aromatic rings. The summed E-state index contributed by atoms with van der Waals surface area (Å²) in [6, 6.07) is 39.8. The number of benzene rings is 6. The van der Waals surface area contributed by atoms with Crippen molar-refractivity contribution in [2.45, 2.75) is 33.9 Å². The van der Waals surface area contributed by atoms with Crippen LogP contribution in [0.4, 0.5) is 13.2 Å². The van der Waals surface area contributed by atoms with Gasteiger partial charge in [0.2, 0.25) is 0 Å². The van der Waals surface area contributed by atoms with Crippen LogP contribution in [0.5, 0.6) is 0 Å². The van der Waals surface area contributed by atoms with Gasteiger partial charge in [-0.3, -0.25) is 0 Å². The Morgan fingerprint density at radius 3 is 1.36 bits per heavy atom. The third-order valence-electron chi connectivity index (χ3n) is 8.54. The molecule has 0 fully saturated rings. The molecule has 0 spiro atoms. The number of aryl methyl sites for hydroxylation is 4. The third kappa shape index (κ3) is 5.31. The fourth-order valence-corrected chi connectivity index (χ4v) is 6.68. The summed E-state index contributed by atoms with van der Waals surface area (Å²) >= 11 is 0. The molecular formula is C41H32F3N. The lowest BCUT2D eigenvalue weighted by atomic mass is 9.97. The van der Waals surface area contributed by atoms with Gasteiger partial charge in [-0.1, -0.05) is 101 Å². The van der Waals surface area contributed by atoms with Gasteiger partial charge >= 0.3 is 6.18 Å². The van der Waals surface area contributed by atoms with Crippen molar-refractivity contribution in [3.63, 3.8) is 0 Å². The minimum Gasteiger partial charge on any atom is -0.309 e. The van der Waals surface area contributed by atoms with Gasteiger partial charge < -0.3 is 4.57 Å². The van der Waals surface area contributed by atoms with E-state index in [9.17, 15) is 13.2 Å². The second kappa shape index (κ2) is 10.8. The monoisotopic (exact) mass is 595 g/mol.